The van der Waals surface area contributed by atoms with Crippen molar-refractivity contribution in [3.63, 3.8) is 0 Å². The molecule has 3 rings (SSSR count). The second kappa shape index (κ2) is 10.4. The number of aliphatic hydroxyl groups is 1. The van der Waals surface area contributed by atoms with Crippen molar-refractivity contribution in [3.05, 3.63) is 48.0 Å². The van der Waals surface area contributed by atoms with Gasteiger partial charge in [-0.3, -0.25) is 4.79 Å². The number of aliphatic hydroxyl groups excluding tert-OH is 1. The highest BCUT2D eigenvalue weighted by Gasteiger charge is 2.22. The fraction of sp³-hybridized carbons (Fsp3) is 0.381. The maximum Gasteiger partial charge on any atom is 0.214 e. The van der Waals surface area contributed by atoms with Gasteiger partial charge in [0.15, 0.2) is 0 Å². The SMILES string of the molecule is CSc1ccccc1OCCNCC(O)COc1cccc2c1CCN2C=O. The lowest BCUT2D eigenvalue weighted by molar-refractivity contribution is -0.107. The lowest BCUT2D eigenvalue weighted by Gasteiger charge is -2.16. The number of hydrogen-bond donors (Lipinski definition) is 2. The number of carbonyl (C=O) groups is 1. The molecule has 0 fully saturated rings. The normalized spacial score (nSPS) is 13.9. The second-order valence-corrected chi connectivity index (χ2v) is 7.32. The van der Waals surface area contributed by atoms with Crippen LogP contribution < -0.4 is 19.7 Å². The summed E-state index contributed by atoms with van der Waals surface area (Å²) < 4.78 is 11.6. The molecule has 2 aromatic rings. The van der Waals surface area contributed by atoms with Crippen LogP contribution in [0.5, 0.6) is 11.5 Å². The quantitative estimate of drug-likeness (QED) is 0.342. The van der Waals surface area contributed by atoms with E-state index in [0.717, 1.165) is 40.5 Å². The molecule has 0 radical (unpaired) electrons. The van der Waals surface area contributed by atoms with Crippen molar-refractivity contribution in [2.75, 3.05) is 44.0 Å². The predicted octanol–water partition coefficient (Wildman–Crippen LogP) is 2.34. The number of anilines is 1. The molecule has 7 heteroatoms. The number of thioether (sulfide) groups is 1. The minimum atomic E-state index is -0.627. The molecule has 0 spiro atoms. The molecule has 0 bridgehead atoms. The Kier molecular flexibility index (Phi) is 7.59. The molecule has 0 saturated carbocycles. The average Bonchev–Trinajstić information content (AvgIpc) is 3.16. The van der Waals surface area contributed by atoms with Crippen LogP contribution in [0.25, 0.3) is 0 Å². The first-order valence-electron chi connectivity index (χ1n) is 9.34. The van der Waals surface area contributed by atoms with Gasteiger partial charge in [-0.1, -0.05) is 18.2 Å². The Morgan fingerprint density at radius 1 is 1.21 bits per heavy atom. The van der Waals surface area contributed by atoms with Gasteiger partial charge in [-0.15, -0.1) is 11.8 Å². The first-order valence-corrected chi connectivity index (χ1v) is 10.6. The first-order chi connectivity index (χ1) is 13.7. The highest BCUT2D eigenvalue weighted by molar-refractivity contribution is 7.98. The molecule has 1 unspecified atom stereocenters. The molecule has 1 amide bonds. The van der Waals surface area contributed by atoms with Crippen molar-refractivity contribution in [1.29, 1.82) is 0 Å². The third kappa shape index (κ3) is 5.19. The molecule has 0 saturated heterocycles. The molecule has 1 atom stereocenters. The van der Waals surface area contributed by atoms with Crippen molar-refractivity contribution in [2.24, 2.45) is 0 Å². The van der Waals surface area contributed by atoms with Gasteiger partial charge in [0.2, 0.25) is 6.41 Å². The topological polar surface area (TPSA) is 71.0 Å². The molecule has 0 aromatic heterocycles. The van der Waals surface area contributed by atoms with Gasteiger partial charge in [0.1, 0.15) is 30.8 Å². The van der Waals surface area contributed by atoms with Crippen LogP contribution in [-0.4, -0.2) is 56.7 Å². The molecule has 150 valence electrons. The first kappa shape index (κ1) is 20.5. The molecule has 1 aliphatic heterocycles. The number of amides is 1. The van der Waals surface area contributed by atoms with Crippen molar-refractivity contribution in [3.8, 4) is 11.5 Å². The molecule has 28 heavy (non-hydrogen) atoms. The van der Waals surface area contributed by atoms with E-state index < -0.39 is 6.10 Å². The van der Waals surface area contributed by atoms with E-state index in [0.29, 0.717) is 26.2 Å². The second-order valence-electron chi connectivity index (χ2n) is 6.47. The van der Waals surface area contributed by atoms with E-state index in [-0.39, 0.29) is 6.61 Å². The Morgan fingerprint density at radius 3 is 2.86 bits per heavy atom. The lowest BCUT2D eigenvalue weighted by atomic mass is 10.1. The number of rotatable bonds is 11. The van der Waals surface area contributed by atoms with Crippen LogP contribution in [0.2, 0.25) is 0 Å². The third-order valence-electron chi connectivity index (χ3n) is 4.56. The van der Waals surface area contributed by atoms with Crippen molar-refractivity contribution < 1.29 is 19.4 Å². The minimum absolute atomic E-state index is 0.195. The number of benzene rings is 2. The van der Waals surface area contributed by atoms with Crippen LogP contribution >= 0.6 is 11.8 Å². The summed E-state index contributed by atoms with van der Waals surface area (Å²) in [4.78, 5) is 13.9. The number of nitrogens with zero attached hydrogens (tertiary/aromatic N) is 1. The Morgan fingerprint density at radius 2 is 2.04 bits per heavy atom. The highest BCUT2D eigenvalue weighted by atomic mass is 32.2. The number of nitrogens with one attached hydrogen (secondary N) is 1. The summed E-state index contributed by atoms with van der Waals surface area (Å²) in [5.41, 5.74) is 1.92. The van der Waals surface area contributed by atoms with Gasteiger partial charge in [-0.2, -0.15) is 0 Å². The molecule has 6 nitrogen and oxygen atoms in total. The van der Waals surface area contributed by atoms with E-state index in [1.54, 1.807) is 16.7 Å². The molecular formula is C21H26N2O4S. The Hall–Kier alpha value is -2.22. The largest absolute Gasteiger partial charge is 0.491 e. The van der Waals surface area contributed by atoms with Gasteiger partial charge in [-0.05, 0) is 36.9 Å². The Labute approximate surface area is 169 Å². The number of carbonyl (C=O) groups excluding carboxylic acids is 1. The third-order valence-corrected chi connectivity index (χ3v) is 5.34. The van der Waals surface area contributed by atoms with E-state index in [1.165, 1.54) is 0 Å². The number of fused-ring (bicyclic) bond motifs is 1. The molecule has 2 aromatic carbocycles. The zero-order chi connectivity index (χ0) is 19.8. The number of hydrogen-bond acceptors (Lipinski definition) is 6. The number of ether oxygens (including phenoxy) is 2. The van der Waals surface area contributed by atoms with Gasteiger partial charge in [0, 0.05) is 30.1 Å². The van der Waals surface area contributed by atoms with Crippen LogP contribution in [0, 0.1) is 0 Å². The maximum atomic E-state index is 11.1. The van der Waals surface area contributed by atoms with E-state index in [1.807, 2.05) is 48.7 Å². The summed E-state index contributed by atoms with van der Waals surface area (Å²) in [6, 6.07) is 13.6. The lowest BCUT2D eigenvalue weighted by Crippen LogP contribution is -2.33. The van der Waals surface area contributed by atoms with Gasteiger partial charge >= 0.3 is 0 Å². The maximum absolute atomic E-state index is 11.1. The highest BCUT2D eigenvalue weighted by Crippen LogP contribution is 2.34. The van der Waals surface area contributed by atoms with Crippen LogP contribution in [0.1, 0.15) is 5.56 Å². The summed E-state index contributed by atoms with van der Waals surface area (Å²) in [6.07, 6.45) is 3.01. The Bertz CT molecular complexity index is 787. The van der Waals surface area contributed by atoms with E-state index >= 15 is 0 Å². The average molecular weight is 403 g/mol. The molecule has 1 aliphatic rings. The van der Waals surface area contributed by atoms with Gasteiger partial charge in [0.25, 0.3) is 0 Å². The van der Waals surface area contributed by atoms with Gasteiger partial charge < -0.3 is 24.8 Å². The summed E-state index contributed by atoms with van der Waals surface area (Å²) >= 11 is 1.65. The fourth-order valence-electron chi connectivity index (χ4n) is 3.16. The van der Waals surface area contributed by atoms with Crippen LogP contribution in [0.15, 0.2) is 47.4 Å². The van der Waals surface area contributed by atoms with Crippen molar-refractivity contribution >= 4 is 23.9 Å². The zero-order valence-corrected chi connectivity index (χ0v) is 16.8. The molecule has 1 heterocycles. The van der Waals surface area contributed by atoms with E-state index in [4.69, 9.17) is 9.47 Å². The fourth-order valence-corrected chi connectivity index (χ4v) is 3.70. The number of para-hydroxylation sites is 1. The van der Waals surface area contributed by atoms with Crippen molar-refractivity contribution in [2.45, 2.75) is 17.4 Å². The minimum Gasteiger partial charge on any atom is -0.491 e. The molecule has 2 N–H and O–H groups in total. The van der Waals surface area contributed by atoms with E-state index in [2.05, 4.69) is 5.32 Å². The van der Waals surface area contributed by atoms with Crippen LogP contribution in [0.4, 0.5) is 5.69 Å². The van der Waals surface area contributed by atoms with Gasteiger partial charge in [-0.25, -0.2) is 0 Å². The summed E-state index contributed by atoms with van der Waals surface area (Å²) in [5, 5.41) is 13.3. The molecule has 0 aliphatic carbocycles. The monoisotopic (exact) mass is 402 g/mol. The summed E-state index contributed by atoms with van der Waals surface area (Å²) in [7, 11) is 0. The predicted molar refractivity (Wildman–Crippen MR) is 112 cm³/mol. The van der Waals surface area contributed by atoms with Gasteiger partial charge in [0.05, 0.1) is 5.69 Å². The van der Waals surface area contributed by atoms with Crippen LogP contribution in [-0.2, 0) is 11.2 Å². The summed E-state index contributed by atoms with van der Waals surface area (Å²) in [5.74, 6) is 1.61. The van der Waals surface area contributed by atoms with Crippen LogP contribution in [0.3, 0.4) is 0 Å². The Balaban J connectivity index is 1.37. The smallest absolute Gasteiger partial charge is 0.214 e. The summed E-state index contributed by atoms with van der Waals surface area (Å²) in [6.45, 7) is 2.44. The molecular weight excluding hydrogens is 376 g/mol. The van der Waals surface area contributed by atoms with Crippen molar-refractivity contribution in [1.82, 2.24) is 5.32 Å². The zero-order valence-electron chi connectivity index (χ0n) is 16.0. The standard InChI is InChI=1S/C21H26N2O4S/c1-28-21-8-3-2-6-20(21)26-12-10-22-13-16(25)14-27-19-7-4-5-18-17(19)9-11-23(18)15-24/h2-8,15-16,22,25H,9-14H2,1H3. The van der Waals surface area contributed by atoms with E-state index in [9.17, 15) is 9.90 Å².